The lowest BCUT2D eigenvalue weighted by molar-refractivity contribution is 0.0979. The minimum atomic E-state index is -0.277. The number of anilines is 1. The summed E-state index contributed by atoms with van der Waals surface area (Å²) in [5.74, 6) is -0.444. The molecule has 1 aliphatic carbocycles. The van der Waals surface area contributed by atoms with Crippen LogP contribution in [0.5, 0.6) is 0 Å². The summed E-state index contributed by atoms with van der Waals surface area (Å²) in [6, 6.07) is 16.6. The van der Waals surface area contributed by atoms with Gasteiger partial charge in [-0.3, -0.25) is 9.59 Å². The van der Waals surface area contributed by atoms with Crippen LogP contribution in [0.3, 0.4) is 0 Å². The molecule has 4 heteroatoms. The Balaban J connectivity index is 1.98. The molecule has 1 aliphatic rings. The molecular weight excluding hydrogens is 310 g/mol. The summed E-state index contributed by atoms with van der Waals surface area (Å²) in [7, 11) is 0. The number of allylic oxidation sites excluding steroid dienone is 1. The Labute approximate surface area is 140 Å². The van der Waals surface area contributed by atoms with E-state index in [1.807, 2.05) is 42.2 Å². The lowest BCUT2D eigenvalue weighted by Gasteiger charge is -2.26. The summed E-state index contributed by atoms with van der Waals surface area (Å²) in [6.45, 7) is 3.03. The van der Waals surface area contributed by atoms with Crippen molar-refractivity contribution in [1.82, 2.24) is 0 Å². The van der Waals surface area contributed by atoms with Crippen molar-refractivity contribution in [2.24, 2.45) is 0 Å². The number of fused-ring (bicyclic) bond motifs is 1. The largest absolute Gasteiger partial charge is 0.367 e. The molecule has 116 valence electrons. The molecule has 0 unspecified atom stereocenters. The van der Waals surface area contributed by atoms with E-state index in [1.165, 1.54) is 0 Å². The van der Waals surface area contributed by atoms with Crippen LogP contribution in [0.4, 0.5) is 5.69 Å². The topological polar surface area (TPSA) is 37.4 Å². The summed E-state index contributed by atoms with van der Waals surface area (Å²) < 4.78 is 0. The van der Waals surface area contributed by atoms with E-state index in [1.54, 1.807) is 24.3 Å². The third-order valence-electron chi connectivity index (χ3n) is 4.01. The first-order chi connectivity index (χ1) is 11.1. The fourth-order valence-corrected chi connectivity index (χ4v) is 3.00. The van der Waals surface area contributed by atoms with Crippen LogP contribution in [-0.4, -0.2) is 24.7 Å². The minimum Gasteiger partial charge on any atom is -0.367 e. The highest BCUT2D eigenvalue weighted by Gasteiger charge is 2.31. The molecule has 0 N–H and O–H groups in total. The first kappa shape index (κ1) is 15.5. The maximum atomic E-state index is 12.7. The predicted molar refractivity (Wildman–Crippen MR) is 92.3 cm³/mol. The second-order valence-corrected chi connectivity index (χ2v) is 5.72. The number of benzene rings is 2. The van der Waals surface area contributed by atoms with Crippen molar-refractivity contribution in [2.45, 2.75) is 6.92 Å². The van der Waals surface area contributed by atoms with Gasteiger partial charge in [-0.2, -0.15) is 0 Å². The van der Waals surface area contributed by atoms with Gasteiger partial charge < -0.3 is 4.90 Å². The molecule has 23 heavy (non-hydrogen) atoms. The Kier molecular flexibility index (Phi) is 4.30. The first-order valence-corrected chi connectivity index (χ1v) is 7.88. The highest BCUT2D eigenvalue weighted by Crippen LogP contribution is 2.29. The smallest absolute Gasteiger partial charge is 0.205 e. The zero-order valence-corrected chi connectivity index (χ0v) is 13.5. The number of ketones is 2. The summed E-state index contributed by atoms with van der Waals surface area (Å²) in [4.78, 5) is 27.2. The molecule has 0 aliphatic heterocycles. The molecule has 0 spiro atoms. The number of nitrogens with zero attached hydrogens (tertiary/aromatic N) is 1. The van der Waals surface area contributed by atoms with Crippen LogP contribution >= 0.6 is 11.6 Å². The molecule has 0 amide bonds. The summed E-state index contributed by atoms with van der Waals surface area (Å²) >= 11 is 6.23. The van der Waals surface area contributed by atoms with Crippen molar-refractivity contribution in [2.75, 3.05) is 18.0 Å². The molecule has 0 radical (unpaired) electrons. The lowest BCUT2D eigenvalue weighted by Crippen LogP contribution is -2.31. The van der Waals surface area contributed by atoms with E-state index in [0.29, 0.717) is 29.8 Å². The normalized spacial score (nSPS) is 14.0. The van der Waals surface area contributed by atoms with E-state index >= 15 is 0 Å². The van der Waals surface area contributed by atoms with E-state index in [-0.39, 0.29) is 16.6 Å². The van der Waals surface area contributed by atoms with Crippen LogP contribution in [0, 0.1) is 0 Å². The number of carbonyl (C=O) groups is 2. The monoisotopic (exact) mass is 325 g/mol. The van der Waals surface area contributed by atoms with E-state index in [4.69, 9.17) is 11.6 Å². The van der Waals surface area contributed by atoms with E-state index in [9.17, 15) is 9.59 Å². The average molecular weight is 326 g/mol. The van der Waals surface area contributed by atoms with Crippen molar-refractivity contribution >= 4 is 28.9 Å². The Morgan fingerprint density at radius 2 is 1.43 bits per heavy atom. The third kappa shape index (κ3) is 2.80. The van der Waals surface area contributed by atoms with Gasteiger partial charge in [-0.15, -0.1) is 0 Å². The van der Waals surface area contributed by atoms with E-state index in [0.717, 1.165) is 5.69 Å². The van der Waals surface area contributed by atoms with Crippen LogP contribution in [0.15, 0.2) is 65.2 Å². The zero-order chi connectivity index (χ0) is 16.4. The fourth-order valence-electron chi connectivity index (χ4n) is 2.75. The molecule has 3 rings (SSSR count). The van der Waals surface area contributed by atoms with Crippen LogP contribution < -0.4 is 4.90 Å². The minimum absolute atomic E-state index is 0.0306. The van der Waals surface area contributed by atoms with Gasteiger partial charge in [-0.1, -0.05) is 54.1 Å². The van der Waals surface area contributed by atoms with Gasteiger partial charge in [-0.25, -0.2) is 0 Å². The number of halogens is 1. The maximum absolute atomic E-state index is 12.7. The average Bonchev–Trinajstić information content (AvgIpc) is 2.61. The van der Waals surface area contributed by atoms with Crippen LogP contribution in [0.1, 0.15) is 27.6 Å². The molecule has 0 atom stereocenters. The molecule has 0 saturated carbocycles. The Bertz CT molecular complexity index is 796. The molecule has 2 aromatic carbocycles. The molecule has 2 aromatic rings. The van der Waals surface area contributed by atoms with Crippen LogP contribution in [0.2, 0.25) is 0 Å². The van der Waals surface area contributed by atoms with E-state index in [2.05, 4.69) is 0 Å². The second-order valence-electron chi connectivity index (χ2n) is 5.35. The molecule has 0 fully saturated rings. The van der Waals surface area contributed by atoms with Gasteiger partial charge in [0.15, 0.2) is 5.78 Å². The number of hydrogen-bond acceptors (Lipinski definition) is 3. The Hall–Kier alpha value is -2.39. The van der Waals surface area contributed by atoms with Gasteiger partial charge >= 0.3 is 0 Å². The van der Waals surface area contributed by atoms with Crippen molar-refractivity contribution in [3.63, 3.8) is 0 Å². The number of para-hydroxylation sites is 1. The van der Waals surface area contributed by atoms with E-state index < -0.39 is 0 Å². The third-order valence-corrected chi connectivity index (χ3v) is 4.41. The molecule has 0 heterocycles. The highest BCUT2D eigenvalue weighted by molar-refractivity contribution is 6.50. The van der Waals surface area contributed by atoms with Gasteiger partial charge in [0.25, 0.3) is 0 Å². The van der Waals surface area contributed by atoms with Crippen molar-refractivity contribution in [3.8, 4) is 0 Å². The summed E-state index contributed by atoms with van der Waals surface area (Å²) in [5.41, 5.74) is 2.17. The van der Waals surface area contributed by atoms with Gasteiger partial charge in [0.1, 0.15) is 0 Å². The standard InChI is InChI=1S/C19H16ClNO2/c1-2-21(13-8-4-3-5-9-13)12-16-17(20)19(23)15-11-7-6-10-14(15)18(16)22/h3-11H,2,12H2,1H3. The SMILES string of the molecule is CCN(CC1=C(Cl)C(=O)c2ccccc2C1=O)c1ccccc1. The van der Waals surface area contributed by atoms with Crippen molar-refractivity contribution in [3.05, 3.63) is 76.3 Å². The Morgan fingerprint density at radius 1 is 0.870 bits per heavy atom. The number of hydrogen-bond donors (Lipinski definition) is 0. The molecule has 3 nitrogen and oxygen atoms in total. The number of Topliss-reactive ketones (excluding diaryl/α,β-unsaturated/α-hetero) is 2. The lowest BCUT2D eigenvalue weighted by atomic mass is 9.89. The zero-order valence-electron chi connectivity index (χ0n) is 12.8. The molecular formula is C19H16ClNO2. The predicted octanol–water partition coefficient (Wildman–Crippen LogP) is 4.09. The molecule has 0 aromatic heterocycles. The number of carbonyl (C=O) groups excluding carboxylic acids is 2. The van der Waals surface area contributed by atoms with Gasteiger partial charge in [-0.05, 0) is 19.1 Å². The first-order valence-electron chi connectivity index (χ1n) is 7.50. The van der Waals surface area contributed by atoms with Crippen LogP contribution in [0.25, 0.3) is 0 Å². The van der Waals surface area contributed by atoms with Gasteiger partial charge in [0, 0.05) is 35.5 Å². The molecule has 0 bridgehead atoms. The second kappa shape index (κ2) is 6.39. The van der Waals surface area contributed by atoms with Crippen molar-refractivity contribution in [1.29, 1.82) is 0 Å². The number of rotatable bonds is 4. The van der Waals surface area contributed by atoms with Gasteiger partial charge in [0.2, 0.25) is 5.78 Å². The summed E-state index contributed by atoms with van der Waals surface area (Å²) in [5, 5.41) is 0.0306. The number of likely N-dealkylation sites (N-methyl/N-ethyl adjacent to an activating group) is 1. The quantitative estimate of drug-likeness (QED) is 0.849. The van der Waals surface area contributed by atoms with Gasteiger partial charge in [0.05, 0.1) is 5.03 Å². The maximum Gasteiger partial charge on any atom is 0.205 e. The Morgan fingerprint density at radius 3 is 2.04 bits per heavy atom. The van der Waals surface area contributed by atoms with Crippen LogP contribution in [-0.2, 0) is 0 Å². The van der Waals surface area contributed by atoms with Crippen molar-refractivity contribution < 1.29 is 9.59 Å². The highest BCUT2D eigenvalue weighted by atomic mass is 35.5. The fraction of sp³-hybridized carbons (Fsp3) is 0.158. The summed E-state index contributed by atoms with van der Waals surface area (Å²) in [6.07, 6.45) is 0. The molecule has 0 saturated heterocycles.